The summed E-state index contributed by atoms with van der Waals surface area (Å²) in [4.78, 5) is 0. The zero-order valence-corrected chi connectivity index (χ0v) is 20.3. The molecule has 4 rings (SSSR count). The zero-order chi connectivity index (χ0) is 19.6. The van der Waals surface area contributed by atoms with Gasteiger partial charge in [0, 0.05) is 0 Å². The normalized spacial score (nSPS) is 23.7. The van der Waals surface area contributed by atoms with Gasteiger partial charge in [0.2, 0.25) is 0 Å². The first-order chi connectivity index (χ1) is 12.7. The molecule has 0 aromatic heterocycles. The second kappa shape index (κ2) is 6.56. The molecule has 27 heavy (non-hydrogen) atoms. The van der Waals surface area contributed by atoms with Crippen molar-refractivity contribution in [2.75, 3.05) is 0 Å². The Morgan fingerprint density at radius 3 is 1.52 bits per heavy atom. The average molecular weight is 437 g/mol. The van der Waals surface area contributed by atoms with Gasteiger partial charge < -0.3 is 0 Å². The Balaban J connectivity index is 2.07. The Morgan fingerprint density at radius 1 is 0.741 bits per heavy atom. The Kier molecular flexibility index (Phi) is 4.84. The average Bonchev–Trinajstić information content (AvgIpc) is 3.14. The molecule has 0 fully saturated rings. The summed E-state index contributed by atoms with van der Waals surface area (Å²) < 4.78 is 4.84. The van der Waals surface area contributed by atoms with E-state index in [1.807, 2.05) is 0 Å². The minimum absolute atomic E-state index is 1.11. The summed E-state index contributed by atoms with van der Waals surface area (Å²) in [5.41, 5.74) is 11.3. The number of hydrogen-bond acceptors (Lipinski definition) is 0. The van der Waals surface area contributed by atoms with Crippen LogP contribution in [0.3, 0.4) is 0 Å². The van der Waals surface area contributed by atoms with Crippen molar-refractivity contribution in [1.82, 2.24) is 0 Å². The Labute approximate surface area is 172 Å². The SMILES string of the molecule is C[CH]=[Ti]([Cl])([Cl])([C]1=C2CCCC(C)=C2C=C1C)[C]1=C2CCCC(C)=C2C=C1C. The van der Waals surface area contributed by atoms with Crippen LogP contribution < -0.4 is 0 Å². The molecule has 0 saturated carbocycles. The van der Waals surface area contributed by atoms with Crippen LogP contribution in [-0.4, -0.2) is 4.31 Å². The first kappa shape index (κ1) is 19.9. The van der Waals surface area contributed by atoms with Crippen molar-refractivity contribution in [1.29, 1.82) is 0 Å². The molecule has 0 amide bonds. The van der Waals surface area contributed by atoms with Gasteiger partial charge in [0.25, 0.3) is 0 Å². The van der Waals surface area contributed by atoms with Crippen LogP contribution in [0, 0.1) is 0 Å². The van der Waals surface area contributed by atoms with E-state index in [4.69, 9.17) is 18.6 Å². The van der Waals surface area contributed by atoms with Gasteiger partial charge >= 0.3 is 173 Å². The molecule has 0 aromatic rings. The molecular formula is C24H30Cl2Ti. The van der Waals surface area contributed by atoms with Gasteiger partial charge in [-0.25, -0.2) is 0 Å². The van der Waals surface area contributed by atoms with Crippen molar-refractivity contribution >= 4 is 22.9 Å². The van der Waals surface area contributed by atoms with Crippen LogP contribution in [0.2, 0.25) is 0 Å². The molecule has 4 aliphatic rings. The van der Waals surface area contributed by atoms with Gasteiger partial charge in [0.05, 0.1) is 0 Å². The van der Waals surface area contributed by atoms with Crippen molar-refractivity contribution in [3.05, 3.63) is 64.5 Å². The molecular weight excluding hydrogens is 407 g/mol. The van der Waals surface area contributed by atoms with Crippen molar-refractivity contribution in [2.24, 2.45) is 0 Å². The summed E-state index contributed by atoms with van der Waals surface area (Å²) in [6, 6.07) is 0. The maximum atomic E-state index is 7.78. The van der Waals surface area contributed by atoms with E-state index >= 15 is 0 Å². The van der Waals surface area contributed by atoms with E-state index < -0.39 is 12.7 Å². The number of allylic oxidation sites excluding steroid dienone is 12. The molecule has 0 bridgehead atoms. The third kappa shape index (κ3) is 2.78. The van der Waals surface area contributed by atoms with Crippen molar-refractivity contribution < 1.29 is 12.7 Å². The van der Waals surface area contributed by atoms with Crippen molar-refractivity contribution in [3.8, 4) is 0 Å². The summed E-state index contributed by atoms with van der Waals surface area (Å²) >= 11 is -4.26. The molecule has 0 nitrogen and oxygen atoms in total. The molecule has 0 aromatic carbocycles. The minimum atomic E-state index is -4.26. The van der Waals surface area contributed by atoms with Gasteiger partial charge in [-0.3, -0.25) is 0 Å². The summed E-state index contributed by atoms with van der Waals surface area (Å²) in [6.45, 7) is 11.1. The van der Waals surface area contributed by atoms with E-state index in [0.29, 0.717) is 0 Å². The molecule has 0 N–H and O–H groups in total. The zero-order valence-electron chi connectivity index (χ0n) is 17.2. The van der Waals surface area contributed by atoms with Crippen molar-refractivity contribution in [2.45, 2.75) is 73.1 Å². The van der Waals surface area contributed by atoms with E-state index in [2.05, 4.69) is 51.1 Å². The Morgan fingerprint density at radius 2 is 1.15 bits per heavy atom. The summed E-state index contributed by atoms with van der Waals surface area (Å²) in [6.07, 6.45) is 11.7. The van der Waals surface area contributed by atoms with Crippen LogP contribution in [0.5, 0.6) is 0 Å². The second-order valence-electron chi connectivity index (χ2n) is 8.83. The van der Waals surface area contributed by atoms with E-state index in [0.717, 1.165) is 12.8 Å². The van der Waals surface area contributed by atoms with Crippen LogP contribution in [0.15, 0.2) is 64.5 Å². The van der Waals surface area contributed by atoms with E-state index in [1.54, 1.807) is 0 Å². The fourth-order valence-corrected chi connectivity index (χ4v) is 16.5. The number of fused-ring (bicyclic) bond motifs is 2. The van der Waals surface area contributed by atoms with E-state index in [9.17, 15) is 0 Å². The van der Waals surface area contributed by atoms with Gasteiger partial charge in [-0.05, 0) is 0 Å². The standard InChI is InChI=1S/2C11H13.C2H4.2ClH.Ti/c2*1-8-6-10-5-3-4-9(2)11(10)7-8;1-2;;;/h2*7H,3-5H2,1-2H3;1H,2H3;2*1H;/q;;;;;+2/p-2. The van der Waals surface area contributed by atoms with Gasteiger partial charge in [-0.2, -0.15) is 0 Å². The molecule has 3 heteroatoms. The van der Waals surface area contributed by atoms with Gasteiger partial charge in [-0.15, -0.1) is 0 Å². The third-order valence-electron chi connectivity index (χ3n) is 7.06. The quantitative estimate of drug-likeness (QED) is 0.382. The molecule has 144 valence electrons. The predicted molar refractivity (Wildman–Crippen MR) is 118 cm³/mol. The first-order valence-corrected chi connectivity index (χ1v) is 17.1. The third-order valence-corrected chi connectivity index (χ3v) is 18.6. The molecule has 0 saturated heterocycles. The Hall–Kier alpha value is -0.396. The van der Waals surface area contributed by atoms with Crippen LogP contribution >= 0.6 is 18.6 Å². The summed E-state index contributed by atoms with van der Waals surface area (Å²) in [5.74, 6) is 0. The number of hydrogen-bond donors (Lipinski definition) is 0. The monoisotopic (exact) mass is 436 g/mol. The van der Waals surface area contributed by atoms with Crippen LogP contribution in [-0.2, 0) is 12.7 Å². The number of rotatable bonds is 2. The molecule has 0 spiro atoms. The van der Waals surface area contributed by atoms with Gasteiger partial charge in [0.1, 0.15) is 0 Å². The summed E-state index contributed by atoms with van der Waals surface area (Å²) in [7, 11) is 15.6. The fraction of sp³-hybridized carbons (Fsp3) is 0.458. The Bertz CT molecular complexity index is 939. The van der Waals surface area contributed by atoms with Crippen LogP contribution in [0.1, 0.15) is 73.1 Å². The molecule has 4 aliphatic carbocycles. The van der Waals surface area contributed by atoms with E-state index in [-0.39, 0.29) is 0 Å². The summed E-state index contributed by atoms with van der Waals surface area (Å²) in [5, 5.41) is 0. The van der Waals surface area contributed by atoms with Gasteiger partial charge in [-0.1, -0.05) is 0 Å². The first-order valence-electron chi connectivity index (χ1n) is 10.3. The molecule has 0 heterocycles. The van der Waals surface area contributed by atoms with Crippen LogP contribution in [0.4, 0.5) is 0 Å². The predicted octanol–water partition coefficient (Wildman–Crippen LogP) is 8.23. The van der Waals surface area contributed by atoms with Crippen molar-refractivity contribution in [3.63, 3.8) is 0 Å². The van der Waals surface area contributed by atoms with Crippen LogP contribution in [0.25, 0.3) is 0 Å². The van der Waals surface area contributed by atoms with Gasteiger partial charge in [0.15, 0.2) is 0 Å². The molecule has 0 aliphatic heterocycles. The fourth-order valence-electron chi connectivity index (χ4n) is 5.80. The molecule has 0 unspecified atom stereocenters. The molecule has 0 atom stereocenters. The second-order valence-corrected chi connectivity index (χ2v) is 21.9. The number of halogens is 2. The topological polar surface area (TPSA) is 0 Å². The molecule has 0 radical (unpaired) electrons. The maximum absolute atomic E-state index is 7.78. The van der Waals surface area contributed by atoms with E-state index in [1.165, 1.54) is 78.0 Å².